The van der Waals surface area contributed by atoms with Gasteiger partial charge in [-0.05, 0) is 60.0 Å². The molecule has 0 aliphatic heterocycles. The lowest BCUT2D eigenvalue weighted by Crippen LogP contribution is -2.32. The van der Waals surface area contributed by atoms with Crippen LogP contribution in [0.4, 0.5) is 24.5 Å². The van der Waals surface area contributed by atoms with E-state index >= 15 is 0 Å². The fourth-order valence-corrected chi connectivity index (χ4v) is 3.80. The number of anilines is 2. The number of rotatable bonds is 8. The molecule has 0 fully saturated rings. The zero-order valence-corrected chi connectivity index (χ0v) is 18.7. The van der Waals surface area contributed by atoms with Crippen LogP contribution in [0.2, 0.25) is 0 Å². The van der Waals surface area contributed by atoms with E-state index in [1.54, 1.807) is 31.2 Å². The van der Waals surface area contributed by atoms with Gasteiger partial charge in [0.2, 0.25) is 0 Å². The molecule has 0 aliphatic rings. The van der Waals surface area contributed by atoms with E-state index in [1.165, 1.54) is 37.4 Å². The first-order valence-electron chi connectivity index (χ1n) is 10.6. The Kier molecular flexibility index (Phi) is 6.61. The first-order valence-corrected chi connectivity index (χ1v) is 10.6. The summed E-state index contributed by atoms with van der Waals surface area (Å²) in [6.45, 7) is 1.73. The van der Waals surface area contributed by atoms with Crippen molar-refractivity contribution in [1.29, 1.82) is 0 Å². The predicted molar refractivity (Wildman–Crippen MR) is 125 cm³/mol. The Balaban J connectivity index is 1.73. The highest BCUT2D eigenvalue weighted by atomic mass is 19.1. The highest BCUT2D eigenvalue weighted by molar-refractivity contribution is 5.70. The fourth-order valence-electron chi connectivity index (χ4n) is 3.80. The molecule has 4 rings (SSSR count). The first kappa shape index (κ1) is 24.0. The molecule has 0 amide bonds. The standard InChI is InChI=1S/C26H21F3N2O4/c1-13(16-9-17(27)12-18(28)10-16)30-22(14-3-6-19(35-2)7-4-14)15-5-8-20(29)21(11-15)31-23-24(32)26(34)25(23)33/h3-13,22,30-32H,1-2H3/t13-,22?/m1/s1. The van der Waals surface area contributed by atoms with Crippen LogP contribution < -0.4 is 26.2 Å². The lowest BCUT2D eigenvalue weighted by atomic mass is 9.95. The SMILES string of the molecule is COc1ccc(C(N[C@H](C)c2cc(F)cc(F)c2)c2ccc(F)c(Nc3c(O)c(=O)c3=O)c2)cc1. The number of halogens is 3. The first-order chi connectivity index (χ1) is 16.7. The Morgan fingerprint density at radius 2 is 1.46 bits per heavy atom. The number of nitrogens with one attached hydrogen (secondary N) is 2. The van der Waals surface area contributed by atoms with Gasteiger partial charge in [0, 0.05) is 12.1 Å². The number of ether oxygens (including phenoxy) is 1. The van der Waals surface area contributed by atoms with Gasteiger partial charge in [0.05, 0.1) is 18.8 Å². The minimum Gasteiger partial charge on any atom is -0.502 e. The maximum atomic E-state index is 14.5. The molecule has 4 aromatic carbocycles. The lowest BCUT2D eigenvalue weighted by molar-refractivity contribution is 0.414. The summed E-state index contributed by atoms with van der Waals surface area (Å²) in [5.74, 6) is -2.28. The van der Waals surface area contributed by atoms with Gasteiger partial charge >= 0.3 is 0 Å². The largest absolute Gasteiger partial charge is 0.502 e. The van der Waals surface area contributed by atoms with Gasteiger partial charge in [-0.3, -0.25) is 14.9 Å². The molecule has 0 radical (unpaired) electrons. The van der Waals surface area contributed by atoms with Crippen LogP contribution in [0.3, 0.4) is 0 Å². The summed E-state index contributed by atoms with van der Waals surface area (Å²) >= 11 is 0. The number of aromatic hydroxyl groups is 1. The topological polar surface area (TPSA) is 87.7 Å². The van der Waals surface area contributed by atoms with Crippen molar-refractivity contribution >= 4 is 11.4 Å². The van der Waals surface area contributed by atoms with Gasteiger partial charge < -0.3 is 15.2 Å². The van der Waals surface area contributed by atoms with E-state index < -0.39 is 46.1 Å². The van der Waals surface area contributed by atoms with Gasteiger partial charge in [-0.25, -0.2) is 13.2 Å². The van der Waals surface area contributed by atoms with E-state index in [-0.39, 0.29) is 11.4 Å². The smallest absolute Gasteiger partial charge is 0.271 e. The molecule has 0 bridgehead atoms. The van der Waals surface area contributed by atoms with Gasteiger partial charge in [-0.15, -0.1) is 0 Å². The third-order valence-electron chi connectivity index (χ3n) is 5.72. The molecule has 180 valence electrons. The van der Waals surface area contributed by atoms with E-state index in [0.29, 0.717) is 16.9 Å². The Labute approximate surface area is 198 Å². The van der Waals surface area contributed by atoms with Crippen molar-refractivity contribution in [3.8, 4) is 11.5 Å². The van der Waals surface area contributed by atoms with Crippen molar-refractivity contribution in [2.75, 3.05) is 12.4 Å². The summed E-state index contributed by atoms with van der Waals surface area (Å²) in [4.78, 5) is 23.0. The van der Waals surface area contributed by atoms with Crippen LogP contribution in [0.25, 0.3) is 0 Å². The Morgan fingerprint density at radius 3 is 2.06 bits per heavy atom. The van der Waals surface area contributed by atoms with Gasteiger partial charge in [0.15, 0.2) is 5.75 Å². The van der Waals surface area contributed by atoms with Gasteiger partial charge in [-0.1, -0.05) is 18.2 Å². The predicted octanol–water partition coefficient (Wildman–Crippen LogP) is 4.60. The summed E-state index contributed by atoms with van der Waals surface area (Å²) in [5.41, 5.74) is -0.852. The van der Waals surface area contributed by atoms with Crippen LogP contribution in [0.1, 0.15) is 35.7 Å². The van der Waals surface area contributed by atoms with Gasteiger partial charge in [-0.2, -0.15) is 0 Å². The minimum absolute atomic E-state index is 0.130. The average molecular weight is 482 g/mol. The molecule has 0 aliphatic carbocycles. The summed E-state index contributed by atoms with van der Waals surface area (Å²) < 4.78 is 47.3. The van der Waals surface area contributed by atoms with Crippen LogP contribution in [0.15, 0.2) is 70.3 Å². The van der Waals surface area contributed by atoms with E-state index in [9.17, 15) is 27.9 Å². The minimum atomic E-state index is -1.04. The van der Waals surface area contributed by atoms with Crippen molar-refractivity contribution < 1.29 is 23.0 Å². The second kappa shape index (κ2) is 9.63. The number of benzene rings is 3. The molecule has 2 atom stereocenters. The summed E-state index contributed by atoms with van der Waals surface area (Å²) in [6, 6.07) is 13.3. The van der Waals surface area contributed by atoms with Crippen LogP contribution in [0.5, 0.6) is 11.5 Å². The quantitative estimate of drug-likeness (QED) is 0.318. The van der Waals surface area contributed by atoms with E-state index in [4.69, 9.17) is 4.74 Å². The van der Waals surface area contributed by atoms with Gasteiger partial charge in [0.1, 0.15) is 28.9 Å². The lowest BCUT2D eigenvalue weighted by Gasteiger charge is -2.26. The molecule has 9 heteroatoms. The van der Waals surface area contributed by atoms with Crippen LogP contribution >= 0.6 is 0 Å². The molecule has 4 aromatic rings. The molecular weight excluding hydrogens is 461 g/mol. The molecule has 0 heterocycles. The van der Waals surface area contributed by atoms with Crippen molar-refractivity contribution in [1.82, 2.24) is 5.32 Å². The van der Waals surface area contributed by atoms with Crippen molar-refractivity contribution in [2.24, 2.45) is 0 Å². The Bertz CT molecular complexity index is 1430. The molecule has 0 spiro atoms. The average Bonchev–Trinajstić information content (AvgIpc) is 2.85. The van der Waals surface area contributed by atoms with Crippen LogP contribution in [0, 0.1) is 17.5 Å². The molecule has 0 aromatic heterocycles. The second-order valence-electron chi connectivity index (χ2n) is 8.04. The maximum Gasteiger partial charge on any atom is 0.271 e. The van der Waals surface area contributed by atoms with Crippen molar-refractivity contribution in [2.45, 2.75) is 19.0 Å². The Morgan fingerprint density at radius 1 is 0.829 bits per heavy atom. The third-order valence-corrected chi connectivity index (χ3v) is 5.72. The van der Waals surface area contributed by atoms with Crippen molar-refractivity contribution in [3.63, 3.8) is 0 Å². The van der Waals surface area contributed by atoms with Crippen LogP contribution in [-0.2, 0) is 0 Å². The Hall–Kier alpha value is -4.11. The molecule has 1 unspecified atom stereocenters. The van der Waals surface area contributed by atoms with Gasteiger partial charge in [0.25, 0.3) is 10.9 Å². The zero-order chi connectivity index (χ0) is 25.3. The maximum absolute atomic E-state index is 14.5. The molecule has 35 heavy (non-hydrogen) atoms. The number of hydrogen-bond donors (Lipinski definition) is 3. The second-order valence-corrected chi connectivity index (χ2v) is 8.04. The molecule has 6 nitrogen and oxygen atoms in total. The summed E-state index contributed by atoms with van der Waals surface area (Å²) in [7, 11) is 1.53. The number of methoxy groups -OCH3 is 1. The number of hydrogen-bond acceptors (Lipinski definition) is 6. The summed E-state index contributed by atoms with van der Waals surface area (Å²) in [5, 5.41) is 15.4. The fraction of sp³-hybridized carbons (Fsp3) is 0.154. The molecule has 0 saturated heterocycles. The highest BCUT2D eigenvalue weighted by Crippen LogP contribution is 2.32. The molecule has 0 saturated carbocycles. The summed E-state index contributed by atoms with van der Waals surface area (Å²) in [6.07, 6.45) is 0. The van der Waals surface area contributed by atoms with E-state index in [0.717, 1.165) is 11.6 Å². The molecular formula is C26H21F3N2O4. The normalized spacial score (nSPS) is 12.9. The van der Waals surface area contributed by atoms with E-state index in [2.05, 4.69) is 10.6 Å². The monoisotopic (exact) mass is 482 g/mol. The van der Waals surface area contributed by atoms with Crippen molar-refractivity contribution in [3.05, 3.63) is 115 Å². The highest BCUT2D eigenvalue weighted by Gasteiger charge is 2.23. The molecule has 3 N–H and O–H groups in total. The zero-order valence-electron chi connectivity index (χ0n) is 18.7. The van der Waals surface area contributed by atoms with Crippen LogP contribution in [-0.4, -0.2) is 12.2 Å². The third kappa shape index (κ3) is 4.90. The van der Waals surface area contributed by atoms with E-state index in [1.807, 2.05) is 0 Å².